The molecular weight excluding hydrogens is 500 g/mol. The molecule has 200 valence electrons. The summed E-state index contributed by atoms with van der Waals surface area (Å²) in [7, 11) is -1.08. The van der Waals surface area contributed by atoms with Crippen molar-refractivity contribution in [1.82, 2.24) is 29.4 Å². The quantitative estimate of drug-likeness (QED) is 0.273. The fraction of sp³-hybridized carbons (Fsp3) is 0.429. The van der Waals surface area contributed by atoms with Gasteiger partial charge in [-0.25, -0.2) is 28.7 Å². The van der Waals surface area contributed by atoms with Crippen LogP contribution in [0.25, 0.3) is 22.3 Å². The third kappa shape index (κ3) is 5.46. The fourth-order valence-corrected chi connectivity index (χ4v) is 6.02. The van der Waals surface area contributed by atoms with Crippen LogP contribution in [0.15, 0.2) is 30.5 Å². The molecule has 0 fully saturated rings. The van der Waals surface area contributed by atoms with E-state index < -0.39 is 19.7 Å². The lowest BCUT2D eigenvalue weighted by Crippen LogP contribution is -2.35. The smallest absolute Gasteiger partial charge is 0.229 e. The van der Waals surface area contributed by atoms with Gasteiger partial charge in [-0.15, -0.1) is 0 Å². The number of rotatable bonds is 7. The van der Waals surface area contributed by atoms with E-state index >= 15 is 0 Å². The highest BCUT2D eigenvalue weighted by atomic mass is 28.3. The molecule has 0 radical (unpaired) electrons. The summed E-state index contributed by atoms with van der Waals surface area (Å²) < 4.78 is 31.8. The number of halogens is 2. The molecule has 1 aliphatic rings. The number of pyridine rings is 1. The monoisotopic (exact) mass is 535 g/mol. The Bertz CT molecular complexity index is 1490. The molecule has 4 aromatic rings. The van der Waals surface area contributed by atoms with E-state index in [-0.39, 0.29) is 23.2 Å². The Balaban J connectivity index is 1.39. The van der Waals surface area contributed by atoms with Crippen LogP contribution in [0.3, 0.4) is 0 Å². The van der Waals surface area contributed by atoms with E-state index in [9.17, 15) is 8.78 Å². The van der Waals surface area contributed by atoms with Crippen molar-refractivity contribution < 1.29 is 8.78 Å². The SMILES string of the molecule is Cc1nc2c(F)cc(-c3nc(Nc4ccc5c(n4)CCN(CC[Si](C)(C)C)C5)ncc3F)cc2n1C(C)C. The van der Waals surface area contributed by atoms with E-state index in [4.69, 9.17) is 4.98 Å². The Morgan fingerprint density at radius 1 is 1.05 bits per heavy atom. The fourth-order valence-electron chi connectivity index (χ4n) is 5.03. The largest absolute Gasteiger partial charge is 0.326 e. The summed E-state index contributed by atoms with van der Waals surface area (Å²) in [5.41, 5.74) is 3.52. The summed E-state index contributed by atoms with van der Waals surface area (Å²) in [5, 5.41) is 3.11. The molecule has 1 aromatic carbocycles. The number of nitrogens with one attached hydrogen (secondary N) is 1. The number of hydrogen-bond donors (Lipinski definition) is 1. The summed E-state index contributed by atoms with van der Waals surface area (Å²) in [5.74, 6) is 0.373. The maximum Gasteiger partial charge on any atom is 0.229 e. The summed E-state index contributed by atoms with van der Waals surface area (Å²) >= 11 is 0. The van der Waals surface area contributed by atoms with Crippen LogP contribution in [-0.4, -0.2) is 50.6 Å². The van der Waals surface area contributed by atoms with Crippen LogP contribution in [-0.2, 0) is 13.0 Å². The van der Waals surface area contributed by atoms with Crippen molar-refractivity contribution in [2.75, 3.05) is 18.4 Å². The molecule has 0 unspecified atom stereocenters. The Hall–Kier alpha value is -3.24. The first kappa shape index (κ1) is 26.4. The topological polar surface area (TPSA) is 71.8 Å². The van der Waals surface area contributed by atoms with Gasteiger partial charge in [0.15, 0.2) is 11.6 Å². The van der Waals surface area contributed by atoms with E-state index in [0.717, 1.165) is 37.9 Å². The average Bonchev–Trinajstić information content (AvgIpc) is 3.20. The molecule has 5 rings (SSSR count). The minimum absolute atomic E-state index is 0.0217. The number of nitrogens with zero attached hydrogens (tertiary/aromatic N) is 6. The molecule has 7 nitrogen and oxygen atoms in total. The number of anilines is 2. The van der Waals surface area contributed by atoms with Gasteiger partial charge in [0.1, 0.15) is 22.9 Å². The molecule has 0 atom stereocenters. The highest BCUT2D eigenvalue weighted by molar-refractivity contribution is 6.76. The molecule has 4 heterocycles. The van der Waals surface area contributed by atoms with Crippen LogP contribution in [0.4, 0.5) is 20.5 Å². The van der Waals surface area contributed by atoms with Gasteiger partial charge in [-0.2, -0.15) is 0 Å². The zero-order chi connectivity index (χ0) is 27.2. The van der Waals surface area contributed by atoms with Crippen LogP contribution >= 0.6 is 0 Å². The lowest BCUT2D eigenvalue weighted by atomic mass is 10.1. The van der Waals surface area contributed by atoms with Crippen molar-refractivity contribution >= 4 is 30.9 Å². The highest BCUT2D eigenvalue weighted by Gasteiger charge is 2.22. The second-order valence-electron chi connectivity index (χ2n) is 11.6. The average molecular weight is 536 g/mol. The van der Waals surface area contributed by atoms with Gasteiger partial charge < -0.3 is 9.88 Å². The third-order valence-corrected chi connectivity index (χ3v) is 8.73. The Labute approximate surface area is 223 Å². The summed E-state index contributed by atoms with van der Waals surface area (Å²) in [6.45, 7) is 16.1. The van der Waals surface area contributed by atoms with Crippen molar-refractivity contribution in [3.05, 3.63) is 59.2 Å². The summed E-state index contributed by atoms with van der Waals surface area (Å²) in [6.07, 6.45) is 1.99. The molecule has 0 aliphatic carbocycles. The number of benzene rings is 1. The molecule has 1 aliphatic heterocycles. The van der Waals surface area contributed by atoms with E-state index in [1.54, 1.807) is 6.07 Å². The Morgan fingerprint density at radius 2 is 1.84 bits per heavy atom. The number of imidazole rings is 1. The number of aryl methyl sites for hydroxylation is 1. The second kappa shape index (κ2) is 10.1. The Kier molecular flexibility index (Phi) is 7.04. The summed E-state index contributed by atoms with van der Waals surface area (Å²) in [4.78, 5) is 20.2. The van der Waals surface area contributed by atoms with Gasteiger partial charge in [0.05, 0.1) is 11.7 Å². The lowest BCUT2D eigenvalue weighted by molar-refractivity contribution is 0.265. The summed E-state index contributed by atoms with van der Waals surface area (Å²) in [6, 6.07) is 8.37. The molecule has 38 heavy (non-hydrogen) atoms. The van der Waals surface area contributed by atoms with Crippen LogP contribution in [0.1, 0.15) is 37.0 Å². The van der Waals surface area contributed by atoms with Crippen LogP contribution in [0.5, 0.6) is 0 Å². The maximum absolute atomic E-state index is 15.0. The first-order valence-electron chi connectivity index (χ1n) is 13.2. The van der Waals surface area contributed by atoms with Crippen molar-refractivity contribution in [2.24, 2.45) is 0 Å². The van der Waals surface area contributed by atoms with Gasteiger partial charge in [0, 0.05) is 44.9 Å². The minimum Gasteiger partial charge on any atom is -0.326 e. The Morgan fingerprint density at radius 3 is 2.58 bits per heavy atom. The highest BCUT2D eigenvalue weighted by Crippen LogP contribution is 2.30. The zero-order valence-electron chi connectivity index (χ0n) is 22.9. The first-order chi connectivity index (χ1) is 18.0. The van der Waals surface area contributed by atoms with Crippen LogP contribution < -0.4 is 5.32 Å². The van der Waals surface area contributed by atoms with Gasteiger partial charge >= 0.3 is 0 Å². The van der Waals surface area contributed by atoms with Crippen molar-refractivity contribution in [2.45, 2.75) is 65.5 Å². The van der Waals surface area contributed by atoms with Gasteiger partial charge in [-0.3, -0.25) is 4.90 Å². The third-order valence-electron chi connectivity index (χ3n) is 7.00. The van der Waals surface area contributed by atoms with Crippen LogP contribution in [0, 0.1) is 18.6 Å². The van der Waals surface area contributed by atoms with Gasteiger partial charge in [-0.1, -0.05) is 25.7 Å². The minimum atomic E-state index is -1.08. The van der Waals surface area contributed by atoms with Crippen molar-refractivity contribution in [3.63, 3.8) is 0 Å². The molecule has 0 saturated heterocycles. The molecular formula is C28H35F2N7Si. The van der Waals surface area contributed by atoms with E-state index in [1.807, 2.05) is 31.4 Å². The predicted molar refractivity (Wildman–Crippen MR) is 150 cm³/mol. The second-order valence-corrected chi connectivity index (χ2v) is 17.2. The van der Waals surface area contributed by atoms with E-state index in [2.05, 4.69) is 50.9 Å². The molecule has 0 spiro atoms. The first-order valence-corrected chi connectivity index (χ1v) is 16.9. The number of hydrogen-bond acceptors (Lipinski definition) is 6. The molecule has 3 aromatic heterocycles. The van der Waals surface area contributed by atoms with Gasteiger partial charge in [-0.05, 0) is 57.1 Å². The van der Waals surface area contributed by atoms with Crippen molar-refractivity contribution in [3.8, 4) is 11.3 Å². The standard InChI is InChI=1S/C28H35F2N7Si/c1-17(2)37-18(3)32-27-21(29)13-20(14-24(27)37)26-22(30)15-31-28(35-26)34-25-8-7-19-16-36(10-9-23(19)33-25)11-12-38(4,5)6/h7-8,13-15,17H,9-12,16H2,1-6H3,(H,31,33,34,35). The van der Waals surface area contributed by atoms with E-state index in [0.29, 0.717) is 22.7 Å². The molecule has 0 saturated carbocycles. The molecule has 0 bridgehead atoms. The normalized spacial score (nSPS) is 14.3. The van der Waals surface area contributed by atoms with Crippen molar-refractivity contribution in [1.29, 1.82) is 0 Å². The molecule has 1 N–H and O–H groups in total. The molecule has 10 heteroatoms. The zero-order valence-corrected chi connectivity index (χ0v) is 23.9. The van der Waals surface area contributed by atoms with E-state index in [1.165, 1.54) is 17.7 Å². The number of fused-ring (bicyclic) bond motifs is 2. The lowest BCUT2D eigenvalue weighted by Gasteiger charge is -2.30. The maximum atomic E-state index is 15.0. The predicted octanol–water partition coefficient (Wildman–Crippen LogP) is 6.50. The molecule has 0 amide bonds. The van der Waals surface area contributed by atoms with Gasteiger partial charge in [0.2, 0.25) is 5.95 Å². The number of aromatic nitrogens is 5. The van der Waals surface area contributed by atoms with Crippen LogP contribution in [0.2, 0.25) is 25.7 Å². The van der Waals surface area contributed by atoms with Gasteiger partial charge in [0.25, 0.3) is 0 Å².